The van der Waals surface area contributed by atoms with E-state index < -0.39 is 10.5 Å². The number of amides is 1. The molecule has 4 rings (SSSR count). The Kier molecular flexibility index (Phi) is 5.02. The minimum Gasteiger partial charge on any atom is -0.486 e. The molecule has 1 fully saturated rings. The summed E-state index contributed by atoms with van der Waals surface area (Å²) >= 11 is 6.12. The fourth-order valence-corrected chi connectivity index (χ4v) is 4.49. The van der Waals surface area contributed by atoms with Crippen LogP contribution in [0, 0.1) is 24.0 Å². The number of carbonyl (C=O) groups excluding carboxylic acids is 2. The maximum Gasteiger partial charge on any atom is 0.270 e. The summed E-state index contributed by atoms with van der Waals surface area (Å²) in [5.41, 5.74) is 1.87. The summed E-state index contributed by atoms with van der Waals surface area (Å²) in [7, 11) is 0. The summed E-state index contributed by atoms with van der Waals surface area (Å²) in [6.07, 6.45) is 1.29. The number of nitrogens with zero attached hydrogens (tertiary/aromatic N) is 2. The Hall–Kier alpha value is -2.93. The lowest BCUT2D eigenvalue weighted by Gasteiger charge is -2.44. The molecule has 0 bridgehead atoms. The van der Waals surface area contributed by atoms with E-state index in [0.29, 0.717) is 37.2 Å². The number of aryl methyl sites for hydroxylation is 2. The number of halogens is 1. The van der Waals surface area contributed by atoms with Crippen LogP contribution >= 0.6 is 11.6 Å². The zero-order valence-electron chi connectivity index (χ0n) is 16.7. The predicted octanol–water partition coefficient (Wildman–Crippen LogP) is 4.51. The highest BCUT2D eigenvalue weighted by Crippen LogP contribution is 2.41. The van der Waals surface area contributed by atoms with Gasteiger partial charge in [-0.05, 0) is 37.1 Å². The van der Waals surface area contributed by atoms with Crippen molar-refractivity contribution in [1.82, 2.24) is 4.90 Å². The van der Waals surface area contributed by atoms with Crippen LogP contribution in [0.15, 0.2) is 30.3 Å². The number of nitro benzene ring substituents is 1. The molecule has 2 aromatic rings. The number of carbonyl (C=O) groups is 2. The first kappa shape index (κ1) is 20.3. The lowest BCUT2D eigenvalue weighted by atomic mass is 9.81. The summed E-state index contributed by atoms with van der Waals surface area (Å²) in [6, 6.07) is 7.70. The predicted molar refractivity (Wildman–Crippen MR) is 111 cm³/mol. The number of hydrogen-bond acceptors (Lipinski definition) is 5. The molecule has 156 valence electrons. The highest BCUT2D eigenvalue weighted by atomic mass is 35.5. The lowest BCUT2D eigenvalue weighted by molar-refractivity contribution is -0.384. The zero-order chi connectivity index (χ0) is 21.6. The van der Waals surface area contributed by atoms with Crippen LogP contribution in [0.1, 0.15) is 51.1 Å². The van der Waals surface area contributed by atoms with E-state index >= 15 is 0 Å². The van der Waals surface area contributed by atoms with Crippen LogP contribution in [0.4, 0.5) is 5.69 Å². The Bertz CT molecular complexity index is 1070. The summed E-state index contributed by atoms with van der Waals surface area (Å²) in [4.78, 5) is 37.8. The average Bonchev–Trinajstić information content (AvgIpc) is 2.69. The Morgan fingerprint density at radius 2 is 1.90 bits per heavy atom. The molecule has 2 heterocycles. The molecule has 2 aliphatic rings. The number of likely N-dealkylation sites (tertiary alicyclic amines) is 1. The Morgan fingerprint density at radius 1 is 1.20 bits per heavy atom. The summed E-state index contributed by atoms with van der Waals surface area (Å²) in [5.74, 6) is 0.343. The number of nitro groups is 1. The molecule has 0 unspecified atom stereocenters. The third kappa shape index (κ3) is 3.54. The third-order valence-electron chi connectivity index (χ3n) is 5.87. The molecular formula is C22H21ClN2O5. The van der Waals surface area contributed by atoms with E-state index in [9.17, 15) is 19.7 Å². The topological polar surface area (TPSA) is 89.8 Å². The van der Waals surface area contributed by atoms with Crippen molar-refractivity contribution in [1.29, 1.82) is 0 Å². The molecule has 8 heteroatoms. The molecule has 2 aliphatic heterocycles. The monoisotopic (exact) mass is 428 g/mol. The highest BCUT2D eigenvalue weighted by molar-refractivity contribution is 6.33. The summed E-state index contributed by atoms with van der Waals surface area (Å²) in [5, 5.41) is 11.2. The van der Waals surface area contributed by atoms with Gasteiger partial charge in [0.2, 0.25) is 0 Å². The van der Waals surface area contributed by atoms with Gasteiger partial charge in [-0.15, -0.1) is 0 Å². The first-order chi connectivity index (χ1) is 14.2. The van der Waals surface area contributed by atoms with Gasteiger partial charge in [-0.1, -0.05) is 17.7 Å². The van der Waals surface area contributed by atoms with E-state index in [2.05, 4.69) is 0 Å². The van der Waals surface area contributed by atoms with E-state index in [-0.39, 0.29) is 34.4 Å². The molecule has 30 heavy (non-hydrogen) atoms. The van der Waals surface area contributed by atoms with Crippen LogP contribution in [0.2, 0.25) is 5.02 Å². The van der Waals surface area contributed by atoms with Crippen LogP contribution in [-0.4, -0.2) is 40.2 Å². The fourth-order valence-electron chi connectivity index (χ4n) is 4.29. The molecule has 1 saturated heterocycles. The highest BCUT2D eigenvalue weighted by Gasteiger charge is 2.44. The van der Waals surface area contributed by atoms with Crippen LogP contribution in [0.25, 0.3) is 0 Å². The summed E-state index contributed by atoms with van der Waals surface area (Å²) < 4.78 is 6.35. The first-order valence-corrected chi connectivity index (χ1v) is 10.1. The SMILES string of the molecule is Cc1cc(C)c2c(c1)C(=O)CC1(CCN(C(=O)c3cc([N+](=O)[O-])ccc3Cl)CC1)O2. The Labute approximate surface area is 178 Å². The van der Waals surface area contributed by atoms with Gasteiger partial charge in [0.05, 0.1) is 27.5 Å². The van der Waals surface area contributed by atoms with Crippen molar-refractivity contribution in [2.75, 3.05) is 13.1 Å². The number of piperidine rings is 1. The van der Waals surface area contributed by atoms with Gasteiger partial charge in [-0.3, -0.25) is 19.7 Å². The quantitative estimate of drug-likeness (QED) is 0.518. The van der Waals surface area contributed by atoms with Gasteiger partial charge >= 0.3 is 0 Å². The fraction of sp³-hybridized carbons (Fsp3) is 0.364. The molecule has 0 aliphatic carbocycles. The molecule has 7 nitrogen and oxygen atoms in total. The van der Waals surface area contributed by atoms with Crippen molar-refractivity contribution in [2.45, 2.75) is 38.7 Å². The first-order valence-electron chi connectivity index (χ1n) is 9.76. The van der Waals surface area contributed by atoms with Crippen LogP contribution < -0.4 is 4.74 Å². The Balaban J connectivity index is 1.53. The molecule has 0 radical (unpaired) electrons. The van der Waals surface area contributed by atoms with Gasteiger partial charge in [0.1, 0.15) is 11.4 Å². The largest absolute Gasteiger partial charge is 0.486 e. The van der Waals surface area contributed by atoms with Gasteiger partial charge in [0.15, 0.2) is 5.78 Å². The lowest BCUT2D eigenvalue weighted by Crippen LogP contribution is -2.52. The van der Waals surface area contributed by atoms with Crippen LogP contribution in [0.3, 0.4) is 0 Å². The minimum absolute atomic E-state index is 0.0598. The molecule has 1 amide bonds. The second-order valence-electron chi connectivity index (χ2n) is 8.06. The van der Waals surface area contributed by atoms with Gasteiger partial charge in [-0.25, -0.2) is 0 Å². The van der Waals surface area contributed by atoms with E-state index in [1.165, 1.54) is 18.2 Å². The molecular weight excluding hydrogens is 408 g/mol. The summed E-state index contributed by atoms with van der Waals surface area (Å²) in [6.45, 7) is 4.64. The normalized spacial score (nSPS) is 17.4. The molecule has 0 atom stereocenters. The minimum atomic E-state index is -0.632. The average molecular weight is 429 g/mol. The second-order valence-corrected chi connectivity index (χ2v) is 8.46. The van der Waals surface area contributed by atoms with Gasteiger partial charge < -0.3 is 9.64 Å². The van der Waals surface area contributed by atoms with Crippen molar-refractivity contribution in [3.05, 3.63) is 67.7 Å². The van der Waals surface area contributed by atoms with Crippen molar-refractivity contribution < 1.29 is 19.2 Å². The maximum absolute atomic E-state index is 12.9. The van der Waals surface area contributed by atoms with Crippen LogP contribution in [-0.2, 0) is 0 Å². The molecule has 1 spiro atoms. The molecule has 0 aromatic heterocycles. The number of ketones is 1. The van der Waals surface area contributed by atoms with Crippen molar-refractivity contribution in [2.24, 2.45) is 0 Å². The van der Waals surface area contributed by atoms with E-state index in [1.807, 2.05) is 26.0 Å². The van der Waals surface area contributed by atoms with Crippen LogP contribution in [0.5, 0.6) is 5.75 Å². The number of fused-ring (bicyclic) bond motifs is 1. The number of ether oxygens (including phenoxy) is 1. The second kappa shape index (κ2) is 7.40. The number of rotatable bonds is 2. The van der Waals surface area contributed by atoms with Gasteiger partial charge in [0, 0.05) is 38.1 Å². The van der Waals surface area contributed by atoms with E-state index in [4.69, 9.17) is 16.3 Å². The number of non-ortho nitro benzene ring substituents is 1. The number of Topliss-reactive ketones (excluding diaryl/α,β-unsaturated/α-hetero) is 1. The maximum atomic E-state index is 12.9. The van der Waals surface area contributed by atoms with Gasteiger partial charge in [-0.2, -0.15) is 0 Å². The Morgan fingerprint density at radius 3 is 2.57 bits per heavy atom. The van der Waals surface area contributed by atoms with Crippen molar-refractivity contribution in [3.63, 3.8) is 0 Å². The van der Waals surface area contributed by atoms with Gasteiger partial charge in [0.25, 0.3) is 11.6 Å². The van der Waals surface area contributed by atoms with E-state index in [1.54, 1.807) is 4.90 Å². The standard InChI is InChI=1S/C22H21ClN2O5/c1-13-9-14(2)20-17(10-13)19(26)12-22(30-20)5-7-24(8-6-22)21(27)16-11-15(25(28)29)3-4-18(16)23/h3-4,9-11H,5-8,12H2,1-2H3. The van der Waals surface area contributed by atoms with E-state index in [0.717, 1.165) is 11.1 Å². The molecule has 0 saturated carbocycles. The molecule has 2 aromatic carbocycles. The molecule has 0 N–H and O–H groups in total. The smallest absolute Gasteiger partial charge is 0.270 e. The van der Waals surface area contributed by atoms with Crippen molar-refractivity contribution >= 4 is 29.0 Å². The number of benzene rings is 2. The zero-order valence-corrected chi connectivity index (χ0v) is 17.5. The third-order valence-corrected chi connectivity index (χ3v) is 6.20. The number of hydrogen-bond donors (Lipinski definition) is 0. The van der Waals surface area contributed by atoms with Crippen molar-refractivity contribution in [3.8, 4) is 5.75 Å².